The molecule has 5 rings (SSSR count). The zero-order valence-corrected chi connectivity index (χ0v) is 20.8. The Morgan fingerprint density at radius 3 is 2.65 bits per heavy atom. The van der Waals surface area contributed by atoms with Crippen molar-refractivity contribution in [2.45, 2.75) is 77.7 Å². The highest BCUT2D eigenvalue weighted by atomic mass is 16.5. The van der Waals surface area contributed by atoms with Crippen LogP contribution in [0.15, 0.2) is 30.3 Å². The molecule has 0 bridgehead atoms. The second kappa shape index (κ2) is 10.3. The minimum Gasteiger partial charge on any atom is -0.550 e. The summed E-state index contributed by atoms with van der Waals surface area (Å²) in [4.78, 5) is 25.2. The lowest BCUT2D eigenvalue weighted by Crippen LogP contribution is -2.51. The van der Waals surface area contributed by atoms with E-state index in [2.05, 4.69) is 53.7 Å². The molecular weight excluding hydrogens is 428 g/mol. The third kappa shape index (κ3) is 4.28. The van der Waals surface area contributed by atoms with Crippen LogP contribution in [-0.4, -0.2) is 41.6 Å². The molecule has 4 heterocycles. The van der Waals surface area contributed by atoms with Crippen LogP contribution in [0.5, 0.6) is 0 Å². The van der Waals surface area contributed by atoms with Gasteiger partial charge in [0, 0.05) is 29.0 Å². The first kappa shape index (κ1) is 24.5. The van der Waals surface area contributed by atoms with Crippen LogP contribution in [0.1, 0.15) is 82.5 Å². The highest BCUT2D eigenvalue weighted by Gasteiger charge is 2.51. The number of carbonyl (C=O) groups excluding carboxylic acids is 2. The maximum atomic E-state index is 12.7. The fourth-order valence-electron chi connectivity index (χ4n) is 6.23. The summed E-state index contributed by atoms with van der Waals surface area (Å²) < 4.78 is 7.38. The first-order valence-corrected chi connectivity index (χ1v) is 12.8. The first-order valence-electron chi connectivity index (χ1n) is 12.8. The fourth-order valence-corrected chi connectivity index (χ4v) is 6.23. The van der Waals surface area contributed by atoms with Crippen molar-refractivity contribution in [2.24, 2.45) is 5.41 Å². The second-order valence-corrected chi connectivity index (χ2v) is 9.80. The van der Waals surface area contributed by atoms with E-state index in [0.717, 1.165) is 63.6 Å². The molecule has 2 aromatic rings. The lowest BCUT2D eigenvalue weighted by Gasteiger charge is -2.53. The zero-order chi connectivity index (χ0) is 24.3. The molecule has 0 spiro atoms. The number of rotatable bonds is 7. The average Bonchev–Trinajstić information content (AvgIpc) is 3.20. The molecule has 2 atom stereocenters. The van der Waals surface area contributed by atoms with Crippen LogP contribution in [0.2, 0.25) is 0 Å². The third-order valence-corrected chi connectivity index (χ3v) is 7.88. The second-order valence-electron chi connectivity index (χ2n) is 9.80. The maximum absolute atomic E-state index is 12.7. The molecule has 34 heavy (non-hydrogen) atoms. The maximum Gasteiger partial charge on any atom is 0.354 e. The number of unbranched alkanes of at least 4 members (excludes halogenated alkanes) is 3. The van der Waals surface area contributed by atoms with E-state index < -0.39 is 5.97 Å². The molecule has 0 saturated carbocycles. The molecular formula is C28H37N2O4-. The van der Waals surface area contributed by atoms with Gasteiger partial charge in [-0.25, -0.2) is 4.79 Å². The Labute approximate surface area is 202 Å². The summed E-state index contributed by atoms with van der Waals surface area (Å²) in [6, 6.07) is 8.89. The molecule has 3 aliphatic rings. The Morgan fingerprint density at radius 2 is 1.94 bits per heavy atom. The van der Waals surface area contributed by atoms with Gasteiger partial charge in [-0.2, -0.15) is 0 Å². The number of hydrogen-bond acceptors (Lipinski definition) is 5. The van der Waals surface area contributed by atoms with Crippen molar-refractivity contribution in [1.29, 1.82) is 0 Å². The Morgan fingerprint density at radius 1 is 1.15 bits per heavy atom. The molecule has 1 saturated heterocycles. The van der Waals surface area contributed by atoms with Gasteiger partial charge in [0.15, 0.2) is 0 Å². The predicted octanol–water partition coefficient (Wildman–Crippen LogP) is 4.46. The number of carboxylic acids is 1. The number of fused-ring (bicyclic) bond motifs is 3. The summed E-state index contributed by atoms with van der Waals surface area (Å²) in [6.07, 6.45) is 11.0. The van der Waals surface area contributed by atoms with Gasteiger partial charge in [-0.1, -0.05) is 51.3 Å². The summed E-state index contributed by atoms with van der Waals surface area (Å²) in [6.45, 7) is 6.64. The number of esters is 1. The molecule has 0 radical (unpaired) electrons. The monoisotopic (exact) mass is 465 g/mol. The lowest BCUT2D eigenvalue weighted by molar-refractivity contribution is -0.305. The minimum absolute atomic E-state index is 0.0430. The van der Waals surface area contributed by atoms with E-state index in [9.17, 15) is 14.7 Å². The van der Waals surface area contributed by atoms with E-state index in [1.54, 1.807) is 0 Å². The number of aliphatic carboxylic acids is 1. The van der Waals surface area contributed by atoms with Gasteiger partial charge in [-0.3, -0.25) is 4.90 Å². The van der Waals surface area contributed by atoms with Gasteiger partial charge in [-0.05, 0) is 62.8 Å². The molecule has 6 heteroatoms. The molecule has 6 nitrogen and oxygen atoms in total. The smallest absolute Gasteiger partial charge is 0.354 e. The zero-order valence-electron chi connectivity index (χ0n) is 20.8. The van der Waals surface area contributed by atoms with Crippen LogP contribution >= 0.6 is 0 Å². The number of para-hydroxylation sites is 1. The van der Waals surface area contributed by atoms with Crippen LogP contribution in [0.25, 0.3) is 16.6 Å². The van der Waals surface area contributed by atoms with Crippen molar-refractivity contribution >= 4 is 28.5 Å². The van der Waals surface area contributed by atoms with Crippen LogP contribution in [0.3, 0.4) is 0 Å². The van der Waals surface area contributed by atoms with Gasteiger partial charge < -0.3 is 19.2 Å². The number of methoxy groups -OCH3 is 1. The fraction of sp³-hybridized carbons (Fsp3) is 0.571. The third-order valence-electron chi connectivity index (χ3n) is 7.88. The highest BCUT2D eigenvalue weighted by Crippen LogP contribution is 2.57. The van der Waals surface area contributed by atoms with Crippen molar-refractivity contribution in [2.75, 3.05) is 20.2 Å². The Hall–Kier alpha value is -2.60. The molecule has 3 aliphatic heterocycles. The van der Waals surface area contributed by atoms with Crippen molar-refractivity contribution in [3.05, 3.63) is 41.6 Å². The average molecular weight is 466 g/mol. The van der Waals surface area contributed by atoms with E-state index in [-0.39, 0.29) is 17.8 Å². The lowest BCUT2D eigenvalue weighted by atomic mass is 9.66. The number of carboxylic acid groups (broad SMARTS) is 1. The molecule has 0 N–H and O–H groups in total. The van der Waals surface area contributed by atoms with Crippen LogP contribution in [0, 0.1) is 5.41 Å². The van der Waals surface area contributed by atoms with E-state index in [1.807, 2.05) is 0 Å². The summed E-state index contributed by atoms with van der Waals surface area (Å²) in [7, 11) is 1.49. The topological polar surface area (TPSA) is 74.6 Å². The van der Waals surface area contributed by atoms with Gasteiger partial charge in [-0.15, -0.1) is 0 Å². The normalized spacial score (nSPS) is 22.9. The minimum atomic E-state index is -0.925. The number of piperidine rings is 1. The Bertz CT molecular complexity index is 1090. The van der Waals surface area contributed by atoms with Gasteiger partial charge in [0.2, 0.25) is 0 Å². The largest absolute Gasteiger partial charge is 0.550 e. The predicted molar refractivity (Wildman–Crippen MR) is 132 cm³/mol. The molecule has 1 aromatic carbocycles. The standard InChI is InChI=1S/C21H24N2O2.C7H14O2/c1-3-21-10-6-11-22-12-9-15-14-7-4-5-8-16(14)23(18(15)19(21)22)17(13-21)20(24)25-2;1-2-3-4-5-6-7(8)9/h4-5,7-8,13,19H,3,6,9-12H2,1-2H3;2-6H2,1H3,(H,8,9)/p-1/t19-,21+;/m1./s1. The molecule has 184 valence electrons. The molecule has 0 aliphatic carbocycles. The van der Waals surface area contributed by atoms with Gasteiger partial charge in [0.05, 0.1) is 18.7 Å². The van der Waals surface area contributed by atoms with Crippen molar-refractivity contribution in [3.8, 4) is 0 Å². The summed E-state index contributed by atoms with van der Waals surface area (Å²) in [5.74, 6) is -1.15. The SMILES string of the molecule is CCCCCCC(=O)[O-].CC[C@@]12C=C(C(=O)OC)n3c4c(c5ccccc53)CCN(CCC1)[C@H]42. The molecule has 0 amide bonds. The molecule has 1 fully saturated rings. The summed E-state index contributed by atoms with van der Waals surface area (Å²) in [5.41, 5.74) is 4.67. The highest BCUT2D eigenvalue weighted by molar-refractivity contribution is 6.13. The number of benzene rings is 1. The van der Waals surface area contributed by atoms with Crippen LogP contribution in [0.4, 0.5) is 0 Å². The number of hydrogen-bond donors (Lipinski definition) is 0. The summed E-state index contributed by atoms with van der Waals surface area (Å²) in [5, 5.41) is 11.1. The summed E-state index contributed by atoms with van der Waals surface area (Å²) >= 11 is 0. The number of aromatic nitrogens is 1. The molecule has 0 unspecified atom stereocenters. The molecule has 1 aromatic heterocycles. The van der Waals surface area contributed by atoms with Crippen molar-refractivity contribution < 1.29 is 19.4 Å². The van der Waals surface area contributed by atoms with Crippen molar-refractivity contribution in [1.82, 2.24) is 9.47 Å². The van der Waals surface area contributed by atoms with E-state index >= 15 is 0 Å². The quantitative estimate of drug-likeness (QED) is 0.446. The number of nitrogens with zero attached hydrogens (tertiary/aromatic N) is 2. The van der Waals surface area contributed by atoms with E-state index in [4.69, 9.17) is 4.74 Å². The Balaban J connectivity index is 0.000000262. The van der Waals surface area contributed by atoms with Crippen LogP contribution < -0.4 is 5.11 Å². The number of carbonyl (C=O) groups is 2. The van der Waals surface area contributed by atoms with Gasteiger partial charge in [0.1, 0.15) is 5.70 Å². The first-order chi connectivity index (χ1) is 16.5. The number of ether oxygens (including phenoxy) is 1. The van der Waals surface area contributed by atoms with Gasteiger partial charge >= 0.3 is 5.97 Å². The van der Waals surface area contributed by atoms with E-state index in [0.29, 0.717) is 11.7 Å². The van der Waals surface area contributed by atoms with Gasteiger partial charge in [0.25, 0.3) is 0 Å². The Kier molecular flexibility index (Phi) is 7.46. The van der Waals surface area contributed by atoms with Crippen molar-refractivity contribution in [3.63, 3.8) is 0 Å². The van der Waals surface area contributed by atoms with Crippen LogP contribution in [-0.2, 0) is 20.7 Å². The van der Waals surface area contributed by atoms with E-state index in [1.165, 1.54) is 30.2 Å².